The molecule has 0 aromatic rings. The molecule has 0 heterocycles. The van der Waals surface area contributed by atoms with Crippen LogP contribution in [0.4, 0.5) is 0 Å². The Hall–Kier alpha value is -1.11. The van der Waals surface area contributed by atoms with Crippen LogP contribution in [0.15, 0.2) is 0 Å². The first-order valence-corrected chi connectivity index (χ1v) is 10.9. The maximum atomic E-state index is 12.9. The van der Waals surface area contributed by atoms with Crippen molar-refractivity contribution in [2.75, 3.05) is 19.7 Å². The van der Waals surface area contributed by atoms with Gasteiger partial charge in [-0.05, 0) is 71.1 Å². The summed E-state index contributed by atoms with van der Waals surface area (Å²) in [6.07, 6.45) is 6.10. The van der Waals surface area contributed by atoms with Crippen molar-refractivity contribution in [3.8, 4) is 0 Å². The van der Waals surface area contributed by atoms with Crippen LogP contribution < -0.4 is 5.32 Å². The quantitative estimate of drug-likeness (QED) is 0.485. The third kappa shape index (κ3) is 4.49. The van der Waals surface area contributed by atoms with E-state index in [0.717, 1.165) is 32.1 Å². The van der Waals surface area contributed by atoms with E-state index in [9.17, 15) is 14.4 Å². The molecular weight excluding hydrogens is 412 g/mol. The van der Waals surface area contributed by atoms with Crippen molar-refractivity contribution < 1.29 is 19.1 Å². The van der Waals surface area contributed by atoms with Gasteiger partial charge in [-0.15, -0.1) is 0 Å². The van der Waals surface area contributed by atoms with Crippen molar-refractivity contribution in [2.24, 2.45) is 17.3 Å². The van der Waals surface area contributed by atoms with Crippen molar-refractivity contribution >= 4 is 33.7 Å². The number of hydrogen-bond acceptors (Lipinski definition) is 4. The van der Waals surface area contributed by atoms with Crippen molar-refractivity contribution in [3.05, 3.63) is 0 Å². The summed E-state index contributed by atoms with van der Waals surface area (Å²) >= 11 is 3.89. The lowest BCUT2D eigenvalue weighted by molar-refractivity contribution is -0.172. The first kappa shape index (κ1) is 20.6. The van der Waals surface area contributed by atoms with Gasteiger partial charge in [0.05, 0.1) is 12.0 Å². The highest BCUT2D eigenvalue weighted by Crippen LogP contribution is 2.64. The Labute approximate surface area is 169 Å². The second-order valence-electron chi connectivity index (χ2n) is 9.10. The molecule has 0 aliphatic heterocycles. The first-order valence-electron chi connectivity index (χ1n) is 10.1. The molecule has 152 valence electrons. The molecule has 6 nitrogen and oxygen atoms in total. The second-order valence-corrected chi connectivity index (χ2v) is 10.8. The van der Waals surface area contributed by atoms with Crippen LogP contribution in [0.5, 0.6) is 0 Å². The van der Waals surface area contributed by atoms with Gasteiger partial charge in [0.2, 0.25) is 5.91 Å². The maximum absolute atomic E-state index is 12.9. The Kier molecular flexibility index (Phi) is 5.90. The number of rotatable bonds is 7. The van der Waals surface area contributed by atoms with Gasteiger partial charge in [-0.3, -0.25) is 14.4 Å². The zero-order chi connectivity index (χ0) is 19.8. The summed E-state index contributed by atoms with van der Waals surface area (Å²) in [6, 6.07) is 0.0248. The summed E-state index contributed by atoms with van der Waals surface area (Å²) in [6.45, 7) is 5.68. The van der Waals surface area contributed by atoms with Crippen LogP contribution in [0.25, 0.3) is 0 Å². The fraction of sp³-hybridized carbons (Fsp3) is 0.850. The Balaban J connectivity index is 1.55. The minimum Gasteiger partial charge on any atom is -0.455 e. The third-order valence-electron chi connectivity index (χ3n) is 6.27. The lowest BCUT2D eigenvalue weighted by Gasteiger charge is -2.58. The largest absolute Gasteiger partial charge is 0.455 e. The molecular formula is C20H31BrN2O4. The minimum absolute atomic E-state index is 0.00906. The van der Waals surface area contributed by atoms with E-state index in [1.807, 2.05) is 20.8 Å². The van der Waals surface area contributed by atoms with Crippen LogP contribution in [-0.2, 0) is 19.1 Å². The summed E-state index contributed by atoms with van der Waals surface area (Å²) in [7, 11) is 0. The Bertz CT molecular complexity index is 607. The van der Waals surface area contributed by atoms with E-state index >= 15 is 0 Å². The third-order valence-corrected chi connectivity index (χ3v) is 7.20. The summed E-state index contributed by atoms with van der Waals surface area (Å²) < 4.78 is 5.57. The smallest absolute Gasteiger partial charge is 0.312 e. The summed E-state index contributed by atoms with van der Waals surface area (Å²) in [5.74, 6) is 0.426. The molecule has 0 saturated heterocycles. The van der Waals surface area contributed by atoms with Crippen LogP contribution in [0.3, 0.4) is 0 Å². The van der Waals surface area contributed by atoms with Gasteiger partial charge >= 0.3 is 5.97 Å². The van der Waals surface area contributed by atoms with Gasteiger partial charge in [0, 0.05) is 16.9 Å². The molecule has 4 aliphatic rings. The van der Waals surface area contributed by atoms with Gasteiger partial charge in [0.1, 0.15) is 0 Å². The highest BCUT2D eigenvalue weighted by Gasteiger charge is 2.60. The fourth-order valence-corrected chi connectivity index (χ4v) is 7.13. The fourth-order valence-electron chi connectivity index (χ4n) is 5.68. The SMILES string of the molecule is CCN(CC(=O)NC(C)C)C(=O)COC(=O)C12CC3CC(CC(Br)(C3)C1)C2. The molecule has 4 saturated carbocycles. The monoisotopic (exact) mass is 442 g/mol. The molecule has 4 fully saturated rings. The van der Waals surface area contributed by atoms with Crippen LogP contribution in [0, 0.1) is 17.3 Å². The van der Waals surface area contributed by atoms with Crippen molar-refractivity contribution in [3.63, 3.8) is 0 Å². The average molecular weight is 443 g/mol. The number of nitrogens with zero attached hydrogens (tertiary/aromatic N) is 1. The molecule has 1 N–H and O–H groups in total. The highest BCUT2D eigenvalue weighted by atomic mass is 79.9. The van der Waals surface area contributed by atoms with E-state index in [4.69, 9.17) is 4.74 Å². The van der Waals surface area contributed by atoms with Gasteiger partial charge in [0.25, 0.3) is 5.91 Å². The number of ether oxygens (including phenoxy) is 1. The lowest BCUT2D eigenvalue weighted by atomic mass is 9.49. The average Bonchev–Trinajstić information content (AvgIpc) is 2.54. The number of amides is 2. The number of esters is 1. The van der Waals surface area contributed by atoms with Gasteiger partial charge in [0.15, 0.2) is 6.61 Å². The number of likely N-dealkylation sites (N-methyl/N-ethyl adjacent to an activating group) is 1. The first-order chi connectivity index (χ1) is 12.6. The normalized spacial score (nSPS) is 33.8. The van der Waals surface area contributed by atoms with Crippen LogP contribution >= 0.6 is 15.9 Å². The van der Waals surface area contributed by atoms with Gasteiger partial charge in [-0.1, -0.05) is 15.9 Å². The van der Waals surface area contributed by atoms with E-state index in [1.165, 1.54) is 11.3 Å². The van der Waals surface area contributed by atoms with E-state index in [0.29, 0.717) is 18.4 Å². The van der Waals surface area contributed by atoms with E-state index < -0.39 is 5.41 Å². The van der Waals surface area contributed by atoms with Crippen LogP contribution in [0.1, 0.15) is 59.3 Å². The van der Waals surface area contributed by atoms with Gasteiger partial charge in [-0.2, -0.15) is 0 Å². The molecule has 2 atom stereocenters. The lowest BCUT2D eigenvalue weighted by Crippen LogP contribution is -2.56. The molecule has 2 unspecified atom stereocenters. The zero-order valence-electron chi connectivity index (χ0n) is 16.6. The Morgan fingerprint density at radius 3 is 2.33 bits per heavy atom. The van der Waals surface area contributed by atoms with E-state index in [1.54, 1.807) is 0 Å². The number of halogens is 1. The molecule has 0 aromatic carbocycles. The summed E-state index contributed by atoms with van der Waals surface area (Å²) in [4.78, 5) is 38.7. The standard InChI is InChI=1S/C20H31BrN2O4/c1-4-23(10-16(24)22-13(2)3)17(25)11-27-18(26)19-6-14-5-15(7-19)9-20(21,8-14)12-19/h13-15H,4-12H2,1-3H3,(H,22,24). The number of hydrogen-bond donors (Lipinski definition) is 1. The van der Waals surface area contributed by atoms with Gasteiger partial charge in [-0.25, -0.2) is 0 Å². The minimum atomic E-state index is -0.431. The Morgan fingerprint density at radius 2 is 1.81 bits per heavy atom. The molecule has 4 rings (SSSR count). The number of carbonyl (C=O) groups excluding carboxylic acids is 3. The predicted molar refractivity (Wildman–Crippen MR) is 105 cm³/mol. The predicted octanol–water partition coefficient (Wildman–Crippen LogP) is 2.64. The second kappa shape index (κ2) is 7.72. The number of nitrogens with one attached hydrogen (secondary N) is 1. The van der Waals surface area contributed by atoms with E-state index in [2.05, 4.69) is 21.2 Å². The van der Waals surface area contributed by atoms with Crippen molar-refractivity contribution in [1.29, 1.82) is 0 Å². The molecule has 0 spiro atoms. The molecule has 0 aromatic heterocycles. The van der Waals surface area contributed by atoms with E-state index in [-0.39, 0.29) is 41.3 Å². The van der Waals surface area contributed by atoms with Crippen LogP contribution in [0.2, 0.25) is 0 Å². The zero-order valence-corrected chi connectivity index (χ0v) is 18.1. The molecule has 4 aliphatic carbocycles. The molecule has 2 amide bonds. The molecule has 4 bridgehead atoms. The highest BCUT2D eigenvalue weighted by molar-refractivity contribution is 9.10. The van der Waals surface area contributed by atoms with Crippen molar-refractivity contribution in [2.45, 2.75) is 69.7 Å². The molecule has 27 heavy (non-hydrogen) atoms. The number of carbonyl (C=O) groups is 3. The van der Waals surface area contributed by atoms with Crippen molar-refractivity contribution in [1.82, 2.24) is 10.2 Å². The number of alkyl halides is 1. The summed E-state index contributed by atoms with van der Waals surface area (Å²) in [5.41, 5.74) is -0.431. The van der Waals surface area contributed by atoms with Crippen LogP contribution in [-0.4, -0.2) is 52.7 Å². The topological polar surface area (TPSA) is 75.7 Å². The Morgan fingerprint density at radius 1 is 1.19 bits per heavy atom. The summed E-state index contributed by atoms with van der Waals surface area (Å²) in [5, 5.41) is 2.77. The van der Waals surface area contributed by atoms with Gasteiger partial charge < -0.3 is 15.0 Å². The molecule has 7 heteroatoms. The maximum Gasteiger partial charge on any atom is 0.312 e. The molecule has 0 radical (unpaired) electrons.